The standard InChI is InChI=1S/C28H29N9O3/c1-14-22(10-31-28-25(14)30-3-4-40-28)16-5-17-7-24(34-35-26(17)23(29)6-16)33-27(39)21-8-20(21)18-9-32-37(11-18)19-12-36(13-19)15(2)38/h5-7,9-11,19-21,30H,3-4,8,12-13,29H2,1-2H3,(H,33,34,39)/t20-,21+/m1/s1. The number of nitrogen functional groups attached to an aromatic ring is 1. The number of likely N-dealkylation sites (tertiary alicyclic amines) is 1. The van der Waals surface area contributed by atoms with Crippen molar-refractivity contribution in [3.63, 3.8) is 0 Å². The topological polar surface area (TPSA) is 153 Å². The Morgan fingerprint density at radius 2 is 2.02 bits per heavy atom. The molecule has 3 aliphatic rings. The predicted molar refractivity (Wildman–Crippen MR) is 149 cm³/mol. The molecule has 0 bridgehead atoms. The Morgan fingerprint density at radius 1 is 1.18 bits per heavy atom. The minimum absolute atomic E-state index is 0.0800. The number of nitrogens with one attached hydrogen (secondary N) is 2. The average molecular weight is 540 g/mol. The van der Waals surface area contributed by atoms with Crippen molar-refractivity contribution in [3.8, 4) is 17.0 Å². The van der Waals surface area contributed by atoms with Crippen molar-refractivity contribution in [1.82, 2.24) is 29.9 Å². The van der Waals surface area contributed by atoms with Crippen molar-refractivity contribution in [2.45, 2.75) is 32.2 Å². The molecule has 12 heteroatoms. The summed E-state index contributed by atoms with van der Waals surface area (Å²) in [6, 6.07) is 5.85. The number of anilines is 3. The fourth-order valence-electron chi connectivity index (χ4n) is 5.61. The van der Waals surface area contributed by atoms with Gasteiger partial charge in [0, 0.05) is 55.8 Å². The highest BCUT2D eigenvalue weighted by molar-refractivity contribution is 5.99. The molecule has 5 heterocycles. The third-order valence-corrected chi connectivity index (χ3v) is 8.09. The molecule has 40 heavy (non-hydrogen) atoms. The van der Waals surface area contributed by atoms with Crippen LogP contribution < -0.4 is 21.1 Å². The van der Waals surface area contributed by atoms with Crippen LogP contribution in [0.1, 0.15) is 36.4 Å². The summed E-state index contributed by atoms with van der Waals surface area (Å²) in [6.07, 6.45) is 6.37. The van der Waals surface area contributed by atoms with Gasteiger partial charge in [0.15, 0.2) is 5.82 Å². The highest BCUT2D eigenvalue weighted by Crippen LogP contribution is 2.48. The van der Waals surface area contributed by atoms with Crippen LogP contribution in [-0.2, 0) is 9.59 Å². The molecule has 204 valence electrons. The quantitative estimate of drug-likeness (QED) is 0.325. The molecule has 3 aromatic heterocycles. The number of pyridine rings is 1. The summed E-state index contributed by atoms with van der Waals surface area (Å²) in [5.74, 6) is 0.931. The Balaban J connectivity index is 1.07. The molecule has 1 aliphatic carbocycles. The molecule has 0 radical (unpaired) electrons. The van der Waals surface area contributed by atoms with Gasteiger partial charge in [-0.15, -0.1) is 10.2 Å². The smallest absolute Gasteiger partial charge is 0.237 e. The number of ether oxygens (including phenoxy) is 1. The first-order valence-corrected chi connectivity index (χ1v) is 13.4. The van der Waals surface area contributed by atoms with Gasteiger partial charge in [-0.2, -0.15) is 5.10 Å². The van der Waals surface area contributed by atoms with Gasteiger partial charge in [-0.25, -0.2) is 4.98 Å². The van der Waals surface area contributed by atoms with E-state index in [0.29, 0.717) is 42.6 Å². The fraction of sp³-hybridized carbons (Fsp3) is 0.357. The number of nitrogens with two attached hydrogens (primary N) is 1. The van der Waals surface area contributed by atoms with Crippen LogP contribution in [0.4, 0.5) is 17.2 Å². The monoisotopic (exact) mass is 539 g/mol. The first-order valence-electron chi connectivity index (χ1n) is 13.4. The van der Waals surface area contributed by atoms with Crippen LogP contribution in [0.2, 0.25) is 0 Å². The van der Waals surface area contributed by atoms with Gasteiger partial charge < -0.3 is 26.0 Å². The lowest BCUT2D eigenvalue weighted by Crippen LogP contribution is -2.49. The molecule has 2 fully saturated rings. The molecule has 4 N–H and O–H groups in total. The zero-order valence-electron chi connectivity index (χ0n) is 22.2. The number of nitrogens with zero attached hydrogens (tertiary/aromatic N) is 6. The number of aromatic nitrogens is 5. The first kappa shape index (κ1) is 24.3. The molecule has 1 aromatic carbocycles. The van der Waals surface area contributed by atoms with Crippen LogP contribution in [0.5, 0.6) is 5.88 Å². The molecule has 2 amide bonds. The van der Waals surface area contributed by atoms with E-state index in [2.05, 4.69) is 30.9 Å². The Hall–Kier alpha value is -4.74. The second-order valence-electron chi connectivity index (χ2n) is 10.8. The van der Waals surface area contributed by atoms with Gasteiger partial charge in [-0.3, -0.25) is 14.3 Å². The van der Waals surface area contributed by atoms with Crippen molar-refractivity contribution in [2.75, 3.05) is 42.6 Å². The fourth-order valence-corrected chi connectivity index (χ4v) is 5.61. The zero-order chi connectivity index (χ0) is 27.5. The lowest BCUT2D eigenvalue weighted by atomic mass is 9.99. The van der Waals surface area contributed by atoms with Gasteiger partial charge in [0.1, 0.15) is 17.8 Å². The third kappa shape index (κ3) is 4.16. The molecule has 2 atom stereocenters. The Bertz CT molecular complexity index is 1680. The van der Waals surface area contributed by atoms with E-state index in [1.54, 1.807) is 24.1 Å². The SMILES string of the molecule is CC(=O)N1CC(n2cc([C@H]3C[C@@H]3C(=O)Nc3cc4cc(-c5cnc6c(c5C)NCCO6)cc(N)c4nn3)cn2)C1. The average Bonchev–Trinajstić information content (AvgIpc) is 3.58. The van der Waals surface area contributed by atoms with E-state index in [1.165, 1.54) is 0 Å². The van der Waals surface area contributed by atoms with Crippen LogP contribution >= 0.6 is 0 Å². The van der Waals surface area contributed by atoms with Crippen LogP contribution in [-0.4, -0.2) is 67.9 Å². The van der Waals surface area contributed by atoms with Crippen molar-refractivity contribution in [3.05, 3.63) is 47.9 Å². The summed E-state index contributed by atoms with van der Waals surface area (Å²) in [6.45, 7) is 6.26. The lowest BCUT2D eigenvalue weighted by molar-refractivity contribution is -0.134. The summed E-state index contributed by atoms with van der Waals surface area (Å²) in [7, 11) is 0. The van der Waals surface area contributed by atoms with E-state index in [-0.39, 0.29) is 29.7 Å². The Kier molecular flexibility index (Phi) is 5.58. The minimum atomic E-state index is -0.152. The molecule has 4 aromatic rings. The van der Waals surface area contributed by atoms with Crippen LogP contribution in [0, 0.1) is 12.8 Å². The maximum Gasteiger partial charge on any atom is 0.237 e. The van der Waals surface area contributed by atoms with Gasteiger partial charge in [0.05, 0.1) is 17.9 Å². The normalized spacial score (nSPS) is 19.8. The van der Waals surface area contributed by atoms with Gasteiger partial charge in [-0.05, 0) is 54.2 Å². The summed E-state index contributed by atoms with van der Waals surface area (Å²) in [4.78, 5) is 30.8. The zero-order valence-corrected chi connectivity index (χ0v) is 22.2. The molecular formula is C28H29N9O3. The molecule has 0 spiro atoms. The predicted octanol–water partition coefficient (Wildman–Crippen LogP) is 2.73. The number of hydrogen-bond donors (Lipinski definition) is 3. The Labute approximate surface area is 229 Å². The maximum atomic E-state index is 13.1. The Morgan fingerprint density at radius 3 is 2.85 bits per heavy atom. The second kappa shape index (κ2) is 9.18. The van der Waals surface area contributed by atoms with Crippen LogP contribution in [0.15, 0.2) is 36.8 Å². The first-order chi connectivity index (χ1) is 19.4. The lowest BCUT2D eigenvalue weighted by Gasteiger charge is -2.38. The van der Waals surface area contributed by atoms with E-state index in [4.69, 9.17) is 10.5 Å². The summed E-state index contributed by atoms with van der Waals surface area (Å²) < 4.78 is 7.56. The maximum absolute atomic E-state index is 13.1. The van der Waals surface area contributed by atoms with E-state index in [1.807, 2.05) is 36.1 Å². The van der Waals surface area contributed by atoms with Crippen molar-refractivity contribution >= 4 is 39.9 Å². The summed E-state index contributed by atoms with van der Waals surface area (Å²) in [5, 5.41) is 20.1. The summed E-state index contributed by atoms with van der Waals surface area (Å²) >= 11 is 0. The molecule has 12 nitrogen and oxygen atoms in total. The van der Waals surface area contributed by atoms with Gasteiger partial charge in [-0.1, -0.05) is 0 Å². The molecule has 1 saturated carbocycles. The van der Waals surface area contributed by atoms with E-state index < -0.39 is 0 Å². The second-order valence-corrected chi connectivity index (χ2v) is 10.8. The molecule has 1 saturated heterocycles. The van der Waals surface area contributed by atoms with Crippen molar-refractivity contribution in [1.29, 1.82) is 0 Å². The highest BCUT2D eigenvalue weighted by Gasteiger charge is 2.45. The van der Waals surface area contributed by atoms with E-state index in [9.17, 15) is 9.59 Å². The van der Waals surface area contributed by atoms with Gasteiger partial charge >= 0.3 is 0 Å². The number of carbonyl (C=O) groups excluding carboxylic acids is 2. The van der Waals surface area contributed by atoms with E-state index in [0.717, 1.165) is 46.3 Å². The minimum Gasteiger partial charge on any atom is -0.474 e. The van der Waals surface area contributed by atoms with E-state index >= 15 is 0 Å². The third-order valence-electron chi connectivity index (χ3n) is 8.09. The molecule has 2 aliphatic heterocycles. The number of rotatable bonds is 5. The summed E-state index contributed by atoms with van der Waals surface area (Å²) in [5.41, 5.74) is 12.2. The van der Waals surface area contributed by atoms with Crippen LogP contribution in [0.25, 0.3) is 22.0 Å². The van der Waals surface area contributed by atoms with Gasteiger partial charge in [0.2, 0.25) is 17.7 Å². The number of amides is 2. The number of benzene rings is 1. The van der Waals surface area contributed by atoms with Crippen LogP contribution in [0.3, 0.4) is 0 Å². The molecule has 7 rings (SSSR count). The largest absolute Gasteiger partial charge is 0.474 e. The molecule has 0 unspecified atom stereocenters. The van der Waals surface area contributed by atoms with Crippen molar-refractivity contribution < 1.29 is 14.3 Å². The number of fused-ring (bicyclic) bond motifs is 2. The van der Waals surface area contributed by atoms with Gasteiger partial charge in [0.25, 0.3) is 0 Å². The number of hydrogen-bond acceptors (Lipinski definition) is 9. The number of carbonyl (C=O) groups is 2. The highest BCUT2D eigenvalue weighted by atomic mass is 16.5. The van der Waals surface area contributed by atoms with Crippen molar-refractivity contribution in [2.24, 2.45) is 5.92 Å². The molecular weight excluding hydrogens is 510 g/mol.